The molecule has 4 heteroatoms. The summed E-state index contributed by atoms with van der Waals surface area (Å²) >= 11 is 3.02. The molecule has 0 aromatic heterocycles. The second kappa shape index (κ2) is 5.78. The average molecular weight is 311 g/mol. The van der Waals surface area contributed by atoms with Crippen LogP contribution in [0.1, 0.15) is 18.0 Å². The van der Waals surface area contributed by atoms with E-state index in [2.05, 4.69) is 26.5 Å². The van der Waals surface area contributed by atoms with Crippen LogP contribution in [0, 0.1) is 5.82 Å². The molecule has 0 fully saturated rings. The first-order valence-corrected chi connectivity index (χ1v) is 5.94. The number of nitrogens with one attached hydrogen (secondary N) is 1. The monoisotopic (exact) mass is 310 g/mol. The maximum atomic E-state index is 12.9. The van der Waals surface area contributed by atoms with Gasteiger partial charge < -0.3 is 0 Å². The fourth-order valence-electron chi connectivity index (χ4n) is 1.25. The molecule has 2 rings (SSSR count). The highest BCUT2D eigenvalue weighted by atomic mass is 79.9. The van der Waals surface area contributed by atoms with Gasteiger partial charge in [0.15, 0.2) is 0 Å². The Morgan fingerprint density at radius 1 is 1.22 bits per heavy atom. The maximum Gasteiger partial charge on any atom is 0.123 e. The molecule has 0 bridgehead atoms. The van der Waals surface area contributed by atoms with E-state index in [4.69, 9.17) is 5.48 Å². The topological polar surface area (TPSA) is 24.4 Å². The second-order valence-corrected chi connectivity index (χ2v) is 4.30. The lowest BCUT2D eigenvalue weighted by Gasteiger charge is -2.03. The standard InChI is InChI=1S/C14H12BrFN2/c1-10(11-2-6-13(16)7-3-11)17-18-14-8-4-12(15)5-9-14/h2-9,18H,1H3/b17-10+/i4D,5D,8D,9D. The molecule has 0 aliphatic heterocycles. The molecule has 2 aromatic rings. The van der Waals surface area contributed by atoms with E-state index >= 15 is 0 Å². The molecule has 0 saturated heterocycles. The van der Waals surface area contributed by atoms with E-state index in [9.17, 15) is 4.39 Å². The molecule has 92 valence electrons. The minimum Gasteiger partial charge on any atom is -0.278 e. The quantitative estimate of drug-likeness (QED) is 0.658. The summed E-state index contributed by atoms with van der Waals surface area (Å²) in [5.74, 6) is -0.350. The van der Waals surface area contributed by atoms with Crippen LogP contribution >= 0.6 is 15.9 Å². The zero-order valence-electron chi connectivity index (χ0n) is 13.5. The Morgan fingerprint density at radius 3 is 2.44 bits per heavy atom. The first kappa shape index (κ1) is 8.43. The van der Waals surface area contributed by atoms with Crippen LogP contribution in [0.4, 0.5) is 10.1 Å². The Kier molecular flexibility index (Phi) is 2.70. The lowest BCUT2D eigenvalue weighted by molar-refractivity contribution is 0.628. The lowest BCUT2D eigenvalue weighted by Crippen LogP contribution is -1.99. The Bertz CT molecular complexity index is 718. The third-order valence-corrected chi connectivity index (χ3v) is 2.59. The van der Waals surface area contributed by atoms with Crippen molar-refractivity contribution in [3.8, 4) is 0 Å². The van der Waals surface area contributed by atoms with E-state index in [0.717, 1.165) is 0 Å². The predicted octanol–water partition coefficient (Wildman–Crippen LogP) is 4.42. The van der Waals surface area contributed by atoms with E-state index in [1.54, 1.807) is 19.1 Å². The summed E-state index contributed by atoms with van der Waals surface area (Å²) < 4.78 is 44.1. The van der Waals surface area contributed by atoms with Crippen LogP contribution in [-0.4, -0.2) is 5.71 Å². The van der Waals surface area contributed by atoms with Crippen LogP contribution in [0.25, 0.3) is 0 Å². The molecule has 0 heterocycles. The van der Waals surface area contributed by atoms with Gasteiger partial charge in [-0.3, -0.25) is 5.43 Å². The van der Waals surface area contributed by atoms with Crippen LogP contribution in [0.5, 0.6) is 0 Å². The molecule has 0 aliphatic carbocycles. The van der Waals surface area contributed by atoms with Crippen molar-refractivity contribution in [1.29, 1.82) is 0 Å². The normalized spacial score (nSPS) is 14.5. The third-order valence-electron chi connectivity index (χ3n) is 2.19. The molecule has 0 aliphatic rings. The Morgan fingerprint density at radius 2 is 1.83 bits per heavy atom. The average Bonchev–Trinajstić information content (AvgIpc) is 2.51. The molecular formula is C14H12BrFN2. The number of hydrogen-bond acceptors (Lipinski definition) is 2. The van der Waals surface area contributed by atoms with Gasteiger partial charge in [-0.1, -0.05) is 28.1 Å². The van der Waals surface area contributed by atoms with Gasteiger partial charge in [0, 0.05) is 4.47 Å². The van der Waals surface area contributed by atoms with E-state index in [1.165, 1.54) is 12.1 Å². The molecule has 1 N–H and O–H groups in total. The molecule has 2 nitrogen and oxygen atoms in total. The number of hydrazone groups is 1. The van der Waals surface area contributed by atoms with Crippen LogP contribution in [0.3, 0.4) is 0 Å². The lowest BCUT2D eigenvalue weighted by atomic mass is 10.1. The van der Waals surface area contributed by atoms with E-state index in [-0.39, 0.29) is 40.1 Å². The van der Waals surface area contributed by atoms with Gasteiger partial charge in [0.1, 0.15) is 5.82 Å². The predicted molar refractivity (Wildman–Crippen MR) is 76.4 cm³/mol. The van der Waals surface area contributed by atoms with Gasteiger partial charge in [0.25, 0.3) is 0 Å². The van der Waals surface area contributed by atoms with Crippen molar-refractivity contribution in [2.45, 2.75) is 6.92 Å². The van der Waals surface area contributed by atoms with Gasteiger partial charge in [-0.15, -0.1) is 0 Å². The van der Waals surface area contributed by atoms with Crippen molar-refractivity contribution in [3.05, 3.63) is 64.3 Å². The van der Waals surface area contributed by atoms with Gasteiger partial charge in [-0.25, -0.2) is 4.39 Å². The van der Waals surface area contributed by atoms with E-state index < -0.39 is 0 Å². The molecule has 0 spiro atoms. The Hall–Kier alpha value is -1.68. The summed E-state index contributed by atoms with van der Waals surface area (Å²) in [6.45, 7) is 1.69. The summed E-state index contributed by atoms with van der Waals surface area (Å²) in [6.07, 6.45) is 0. The van der Waals surface area contributed by atoms with Gasteiger partial charge >= 0.3 is 0 Å². The molecule has 0 unspecified atom stereocenters. The molecule has 18 heavy (non-hydrogen) atoms. The minimum atomic E-state index is -0.350. The van der Waals surface area contributed by atoms with Crippen LogP contribution in [-0.2, 0) is 0 Å². The van der Waals surface area contributed by atoms with Crippen molar-refractivity contribution in [3.63, 3.8) is 0 Å². The van der Waals surface area contributed by atoms with Crippen LogP contribution in [0.2, 0.25) is 0 Å². The van der Waals surface area contributed by atoms with Crippen molar-refractivity contribution >= 4 is 27.3 Å². The molecular weight excluding hydrogens is 295 g/mol. The molecule has 0 saturated carbocycles. The van der Waals surface area contributed by atoms with Crippen molar-refractivity contribution in [2.75, 3.05) is 5.43 Å². The summed E-state index contributed by atoms with van der Waals surface area (Å²) in [7, 11) is 0. The first-order valence-electron chi connectivity index (χ1n) is 7.15. The zero-order valence-corrected chi connectivity index (χ0v) is 11.1. The van der Waals surface area contributed by atoms with Gasteiger partial charge in [-0.2, -0.15) is 5.10 Å². The number of benzene rings is 2. The molecule has 0 radical (unpaired) electrons. The summed E-state index contributed by atoms with van der Waals surface area (Å²) in [5.41, 5.74) is 3.76. The summed E-state index contributed by atoms with van der Waals surface area (Å²) in [4.78, 5) is 0. The van der Waals surface area contributed by atoms with Crippen molar-refractivity contribution in [2.24, 2.45) is 5.10 Å². The molecule has 2 aromatic carbocycles. The second-order valence-electron chi connectivity index (χ2n) is 3.50. The number of nitrogens with zero attached hydrogens (tertiary/aromatic N) is 1. The number of halogens is 2. The highest BCUT2D eigenvalue weighted by Gasteiger charge is 1.98. The van der Waals surface area contributed by atoms with Gasteiger partial charge in [0.2, 0.25) is 0 Å². The van der Waals surface area contributed by atoms with Crippen molar-refractivity contribution in [1.82, 2.24) is 0 Å². The molecule has 0 amide bonds. The highest BCUT2D eigenvalue weighted by Crippen LogP contribution is 2.14. The largest absolute Gasteiger partial charge is 0.278 e. The smallest absolute Gasteiger partial charge is 0.123 e. The minimum absolute atomic E-state index is 0.0142. The third kappa shape index (κ3) is 3.40. The van der Waals surface area contributed by atoms with Gasteiger partial charge in [0.05, 0.1) is 16.9 Å². The Labute approximate surface area is 119 Å². The number of hydrogen-bond donors (Lipinski definition) is 1. The summed E-state index contributed by atoms with van der Waals surface area (Å²) in [6, 6.07) is 4.94. The summed E-state index contributed by atoms with van der Waals surface area (Å²) in [5, 5.41) is 4.05. The van der Waals surface area contributed by atoms with E-state index in [1.807, 2.05) is 0 Å². The van der Waals surface area contributed by atoms with E-state index in [0.29, 0.717) is 11.3 Å². The number of anilines is 1. The maximum absolute atomic E-state index is 12.9. The number of rotatable bonds is 3. The van der Waals surface area contributed by atoms with Crippen molar-refractivity contribution < 1.29 is 9.87 Å². The SMILES string of the molecule is [2H]c1c([2H])c(N/N=C(\C)c2ccc(F)cc2)c([2H])c([2H])c1Br. The first-order chi connectivity index (χ1) is 10.3. The fourth-order valence-corrected chi connectivity index (χ4v) is 1.45. The van der Waals surface area contributed by atoms with Gasteiger partial charge in [-0.05, 0) is 48.8 Å². The fraction of sp³-hybridized carbons (Fsp3) is 0.0714. The van der Waals surface area contributed by atoms with Crippen LogP contribution in [0.15, 0.2) is 58.0 Å². The van der Waals surface area contributed by atoms with Crippen LogP contribution < -0.4 is 5.43 Å². The molecule has 0 atom stereocenters. The highest BCUT2D eigenvalue weighted by molar-refractivity contribution is 9.10. The Balaban J connectivity index is 2.35. The zero-order chi connectivity index (χ0) is 16.4.